The van der Waals surface area contributed by atoms with Crippen LogP contribution in [0.3, 0.4) is 0 Å². The molecule has 0 unspecified atom stereocenters. The van der Waals surface area contributed by atoms with E-state index in [0.717, 1.165) is 17.7 Å². The highest BCUT2D eigenvalue weighted by atomic mass is 16.5. The lowest BCUT2D eigenvalue weighted by atomic mass is 10.1. The highest BCUT2D eigenvalue weighted by Gasteiger charge is 2.04. The molecule has 1 aromatic carbocycles. The third-order valence-corrected chi connectivity index (χ3v) is 2.69. The first-order valence-corrected chi connectivity index (χ1v) is 6.55. The van der Waals surface area contributed by atoms with Crippen molar-refractivity contribution in [2.45, 2.75) is 20.0 Å². The molecule has 0 saturated heterocycles. The molecule has 1 N–H and O–H groups in total. The second-order valence-electron chi connectivity index (χ2n) is 4.38. The van der Waals surface area contributed by atoms with Crippen LogP contribution in [0.4, 0.5) is 0 Å². The van der Waals surface area contributed by atoms with Crippen molar-refractivity contribution in [1.82, 2.24) is 9.97 Å². The van der Waals surface area contributed by atoms with Crippen LogP contribution in [0.15, 0.2) is 35.1 Å². The minimum atomic E-state index is -0.187. The number of nitrogens with one attached hydrogen (secondary N) is 1. The zero-order valence-electron chi connectivity index (χ0n) is 11.7. The number of aromatic nitrogens is 2. The van der Waals surface area contributed by atoms with Crippen LogP contribution in [-0.2, 0) is 11.3 Å². The molecule has 0 bridgehead atoms. The molecule has 0 fully saturated rings. The summed E-state index contributed by atoms with van der Waals surface area (Å²) in [6.45, 7) is 3.03. The number of aromatic amines is 1. The molecule has 0 spiro atoms. The van der Waals surface area contributed by atoms with Gasteiger partial charge in [0.2, 0.25) is 0 Å². The number of nitrogens with zero attached hydrogens (tertiary/aromatic N) is 1. The van der Waals surface area contributed by atoms with Gasteiger partial charge in [0.25, 0.3) is 5.56 Å². The predicted octanol–water partition coefficient (Wildman–Crippen LogP) is 2.37. The topological polar surface area (TPSA) is 64.2 Å². The number of hydrogen-bond donors (Lipinski definition) is 1. The summed E-state index contributed by atoms with van der Waals surface area (Å²) >= 11 is 0. The normalized spacial score (nSPS) is 10.5. The Bertz CT molecular complexity index is 605. The van der Waals surface area contributed by atoms with Crippen molar-refractivity contribution in [1.29, 1.82) is 0 Å². The Balaban J connectivity index is 2.24. The zero-order valence-corrected chi connectivity index (χ0v) is 11.7. The van der Waals surface area contributed by atoms with Gasteiger partial charge in [-0.3, -0.25) is 4.79 Å². The second-order valence-corrected chi connectivity index (χ2v) is 4.38. The molecule has 1 heterocycles. The van der Waals surface area contributed by atoms with Gasteiger partial charge < -0.3 is 14.5 Å². The fraction of sp³-hybridized carbons (Fsp3) is 0.333. The van der Waals surface area contributed by atoms with Crippen molar-refractivity contribution < 1.29 is 9.47 Å². The van der Waals surface area contributed by atoms with Crippen LogP contribution in [0.5, 0.6) is 5.75 Å². The Kier molecular flexibility index (Phi) is 4.90. The van der Waals surface area contributed by atoms with E-state index in [4.69, 9.17) is 9.47 Å². The van der Waals surface area contributed by atoms with Crippen LogP contribution in [0, 0.1) is 0 Å². The monoisotopic (exact) mass is 274 g/mol. The van der Waals surface area contributed by atoms with Gasteiger partial charge in [-0.2, -0.15) is 0 Å². The lowest BCUT2D eigenvalue weighted by Gasteiger charge is -2.06. The second kappa shape index (κ2) is 6.86. The summed E-state index contributed by atoms with van der Waals surface area (Å²) < 4.78 is 10.5. The van der Waals surface area contributed by atoms with Gasteiger partial charge in [0.05, 0.1) is 12.3 Å². The van der Waals surface area contributed by atoms with Crippen LogP contribution in [0.1, 0.15) is 19.2 Å². The number of ether oxygens (including phenoxy) is 2. The minimum absolute atomic E-state index is 0.187. The number of H-pyrrole nitrogens is 1. The molecule has 0 saturated carbocycles. The summed E-state index contributed by atoms with van der Waals surface area (Å²) in [6, 6.07) is 9.02. The summed E-state index contributed by atoms with van der Waals surface area (Å²) in [5, 5.41) is 0. The first-order chi connectivity index (χ1) is 9.72. The summed E-state index contributed by atoms with van der Waals surface area (Å²) in [7, 11) is 1.56. The van der Waals surface area contributed by atoms with E-state index in [2.05, 4.69) is 16.9 Å². The molecular weight excluding hydrogens is 256 g/mol. The maximum absolute atomic E-state index is 11.6. The maximum atomic E-state index is 11.6. The van der Waals surface area contributed by atoms with E-state index < -0.39 is 0 Å². The van der Waals surface area contributed by atoms with Gasteiger partial charge in [0.1, 0.15) is 18.2 Å². The first-order valence-electron chi connectivity index (χ1n) is 6.55. The Morgan fingerprint density at radius 3 is 2.65 bits per heavy atom. The van der Waals surface area contributed by atoms with Crippen molar-refractivity contribution >= 4 is 0 Å². The van der Waals surface area contributed by atoms with E-state index in [1.807, 2.05) is 24.3 Å². The van der Waals surface area contributed by atoms with Crippen LogP contribution in [0.2, 0.25) is 0 Å². The standard InChI is InChI=1S/C15H18N2O3/c1-3-8-20-12-6-4-11(5-7-12)13-9-15(18)17-14(16-13)10-19-2/h4-7,9H,3,8,10H2,1-2H3,(H,16,17,18). The molecule has 0 amide bonds. The van der Waals surface area contributed by atoms with Crippen molar-refractivity contribution in [2.75, 3.05) is 13.7 Å². The Labute approximate surface area is 117 Å². The number of rotatable bonds is 6. The molecule has 0 aliphatic heterocycles. The molecule has 2 aromatic rings. The predicted molar refractivity (Wildman–Crippen MR) is 76.8 cm³/mol. The fourth-order valence-corrected chi connectivity index (χ4v) is 1.80. The van der Waals surface area contributed by atoms with E-state index in [-0.39, 0.29) is 12.2 Å². The Morgan fingerprint density at radius 1 is 1.25 bits per heavy atom. The molecule has 20 heavy (non-hydrogen) atoms. The lowest BCUT2D eigenvalue weighted by molar-refractivity contribution is 0.177. The van der Waals surface area contributed by atoms with Gasteiger partial charge in [-0.1, -0.05) is 6.92 Å². The number of hydrogen-bond acceptors (Lipinski definition) is 4. The van der Waals surface area contributed by atoms with Gasteiger partial charge in [-0.05, 0) is 30.7 Å². The molecule has 1 aromatic heterocycles. The molecule has 5 heteroatoms. The van der Waals surface area contributed by atoms with Crippen LogP contribution >= 0.6 is 0 Å². The van der Waals surface area contributed by atoms with E-state index in [1.165, 1.54) is 6.07 Å². The molecule has 0 radical (unpaired) electrons. The van der Waals surface area contributed by atoms with Crippen LogP contribution in [-0.4, -0.2) is 23.7 Å². The summed E-state index contributed by atoms with van der Waals surface area (Å²) in [5.74, 6) is 1.33. The zero-order chi connectivity index (χ0) is 14.4. The smallest absolute Gasteiger partial charge is 0.251 e. The van der Waals surface area contributed by atoms with Gasteiger partial charge in [0.15, 0.2) is 0 Å². The Morgan fingerprint density at radius 2 is 2.00 bits per heavy atom. The Hall–Kier alpha value is -2.14. The van der Waals surface area contributed by atoms with E-state index >= 15 is 0 Å². The van der Waals surface area contributed by atoms with Gasteiger partial charge in [0, 0.05) is 18.7 Å². The molecule has 0 aliphatic carbocycles. The molecule has 106 valence electrons. The SMILES string of the molecule is CCCOc1ccc(-c2cc(=O)[nH]c(COC)n2)cc1. The van der Waals surface area contributed by atoms with Crippen molar-refractivity contribution in [2.24, 2.45) is 0 Å². The largest absolute Gasteiger partial charge is 0.494 e. The highest BCUT2D eigenvalue weighted by molar-refractivity contribution is 5.59. The molecule has 2 rings (SSSR count). The molecular formula is C15H18N2O3. The first kappa shape index (κ1) is 14.3. The van der Waals surface area contributed by atoms with E-state index in [9.17, 15) is 4.79 Å². The van der Waals surface area contributed by atoms with E-state index in [0.29, 0.717) is 18.1 Å². The lowest BCUT2D eigenvalue weighted by Crippen LogP contribution is -2.11. The molecule has 5 nitrogen and oxygen atoms in total. The summed E-state index contributed by atoms with van der Waals surface area (Å²) in [5.41, 5.74) is 1.31. The quantitative estimate of drug-likeness (QED) is 0.878. The van der Waals surface area contributed by atoms with Crippen LogP contribution in [0.25, 0.3) is 11.3 Å². The van der Waals surface area contributed by atoms with Crippen molar-refractivity contribution in [3.8, 4) is 17.0 Å². The van der Waals surface area contributed by atoms with Crippen molar-refractivity contribution in [3.63, 3.8) is 0 Å². The minimum Gasteiger partial charge on any atom is -0.494 e. The molecule has 0 aliphatic rings. The summed E-state index contributed by atoms with van der Waals surface area (Å²) in [6.07, 6.45) is 0.970. The van der Waals surface area contributed by atoms with Gasteiger partial charge in [-0.15, -0.1) is 0 Å². The highest BCUT2D eigenvalue weighted by Crippen LogP contribution is 2.20. The van der Waals surface area contributed by atoms with Crippen LogP contribution < -0.4 is 10.3 Å². The van der Waals surface area contributed by atoms with Gasteiger partial charge in [-0.25, -0.2) is 4.98 Å². The third-order valence-electron chi connectivity index (χ3n) is 2.69. The number of methoxy groups -OCH3 is 1. The van der Waals surface area contributed by atoms with Crippen molar-refractivity contribution in [3.05, 3.63) is 46.5 Å². The average molecular weight is 274 g/mol. The fourth-order valence-electron chi connectivity index (χ4n) is 1.80. The average Bonchev–Trinajstić information content (AvgIpc) is 2.45. The number of benzene rings is 1. The van der Waals surface area contributed by atoms with E-state index in [1.54, 1.807) is 7.11 Å². The summed E-state index contributed by atoms with van der Waals surface area (Å²) in [4.78, 5) is 18.6. The third kappa shape index (κ3) is 3.68. The molecule has 0 atom stereocenters. The maximum Gasteiger partial charge on any atom is 0.251 e. The van der Waals surface area contributed by atoms with Gasteiger partial charge >= 0.3 is 0 Å².